The highest BCUT2D eigenvalue weighted by Gasteiger charge is 2.22. The Kier molecular flexibility index (Phi) is 6.64. The van der Waals surface area contributed by atoms with Crippen molar-refractivity contribution in [2.75, 3.05) is 37.4 Å². The van der Waals surface area contributed by atoms with E-state index in [4.69, 9.17) is 4.74 Å². The Balaban J connectivity index is 1.31. The minimum atomic E-state index is -0.0750. The summed E-state index contributed by atoms with van der Waals surface area (Å²) in [6, 6.07) is 15.7. The minimum absolute atomic E-state index is 0.0278. The normalized spacial score (nSPS) is 15.0. The number of nitrogens with one attached hydrogen (secondary N) is 2. The predicted molar refractivity (Wildman–Crippen MR) is 122 cm³/mol. The van der Waals surface area contributed by atoms with Gasteiger partial charge in [0.05, 0.1) is 31.5 Å². The average molecular weight is 421 g/mol. The van der Waals surface area contributed by atoms with Crippen molar-refractivity contribution < 1.29 is 14.6 Å². The van der Waals surface area contributed by atoms with E-state index in [0.29, 0.717) is 18.3 Å². The van der Waals surface area contributed by atoms with Gasteiger partial charge in [0, 0.05) is 42.0 Å². The number of aliphatic hydroxyl groups excluding tert-OH is 1. The van der Waals surface area contributed by atoms with Gasteiger partial charge in [-0.2, -0.15) is 0 Å². The molecular formula is C24H28N4O3. The van der Waals surface area contributed by atoms with Gasteiger partial charge in [-0.1, -0.05) is 24.3 Å². The van der Waals surface area contributed by atoms with Gasteiger partial charge >= 0.3 is 0 Å². The second-order valence-corrected chi connectivity index (χ2v) is 7.77. The molecule has 0 saturated carbocycles. The average Bonchev–Trinajstić information content (AvgIpc) is 2.80. The number of para-hydroxylation sites is 1. The standard InChI is InChI=1S/C24H28N4O3/c1-31-22-9-3-7-20(19(22)16-29)26-18-10-13-28(14-11-18)15-23(30)27-21-8-2-5-17-6-4-12-25-24(17)21/h2-9,12,18,26,29H,10-11,13-16H2,1H3,(H,27,30). The van der Waals surface area contributed by atoms with Crippen LogP contribution in [0.1, 0.15) is 18.4 Å². The van der Waals surface area contributed by atoms with Gasteiger partial charge in [-0.15, -0.1) is 0 Å². The number of fused-ring (bicyclic) bond motifs is 1. The Morgan fingerprint density at radius 3 is 2.65 bits per heavy atom. The Morgan fingerprint density at radius 1 is 1.13 bits per heavy atom. The van der Waals surface area contributed by atoms with Crippen LogP contribution in [0.4, 0.5) is 11.4 Å². The number of carbonyl (C=O) groups excluding carboxylic acids is 1. The number of anilines is 2. The number of hydrogen-bond donors (Lipinski definition) is 3. The number of aromatic nitrogens is 1. The van der Waals surface area contributed by atoms with Gasteiger partial charge in [0.1, 0.15) is 5.75 Å². The summed E-state index contributed by atoms with van der Waals surface area (Å²) in [6.07, 6.45) is 3.58. The second kappa shape index (κ2) is 9.76. The summed E-state index contributed by atoms with van der Waals surface area (Å²) in [5, 5.41) is 17.3. The van der Waals surface area contributed by atoms with Crippen LogP contribution in [0, 0.1) is 0 Å². The molecule has 0 radical (unpaired) electrons. The van der Waals surface area contributed by atoms with Crippen LogP contribution in [0.2, 0.25) is 0 Å². The highest BCUT2D eigenvalue weighted by Crippen LogP contribution is 2.28. The molecule has 4 rings (SSSR count). The molecule has 0 spiro atoms. The summed E-state index contributed by atoms with van der Waals surface area (Å²) in [7, 11) is 1.61. The number of methoxy groups -OCH3 is 1. The third-order valence-electron chi connectivity index (χ3n) is 5.73. The number of piperidine rings is 1. The number of rotatable bonds is 7. The molecule has 1 aromatic heterocycles. The first-order valence-corrected chi connectivity index (χ1v) is 10.6. The molecule has 0 atom stereocenters. The van der Waals surface area contributed by atoms with Gasteiger partial charge in [0.25, 0.3) is 0 Å². The molecule has 7 heteroatoms. The van der Waals surface area contributed by atoms with Crippen molar-refractivity contribution >= 4 is 28.2 Å². The molecule has 7 nitrogen and oxygen atoms in total. The maximum atomic E-state index is 12.6. The fourth-order valence-corrected chi connectivity index (χ4v) is 4.11. The third-order valence-corrected chi connectivity index (χ3v) is 5.73. The Hall–Kier alpha value is -3.16. The zero-order chi connectivity index (χ0) is 21.6. The first-order valence-electron chi connectivity index (χ1n) is 10.6. The first-order chi connectivity index (χ1) is 15.2. The lowest BCUT2D eigenvalue weighted by Gasteiger charge is -2.33. The number of likely N-dealkylation sites (tertiary alicyclic amines) is 1. The number of carbonyl (C=O) groups is 1. The van der Waals surface area contributed by atoms with Crippen molar-refractivity contribution in [3.8, 4) is 5.75 Å². The fourth-order valence-electron chi connectivity index (χ4n) is 4.11. The molecule has 1 aliphatic rings. The molecule has 162 valence electrons. The van der Waals surface area contributed by atoms with Crippen LogP contribution in [0.3, 0.4) is 0 Å². The summed E-state index contributed by atoms with van der Waals surface area (Å²) < 4.78 is 5.35. The van der Waals surface area contributed by atoms with Crippen molar-refractivity contribution in [3.05, 3.63) is 60.3 Å². The van der Waals surface area contributed by atoms with E-state index in [1.54, 1.807) is 13.3 Å². The smallest absolute Gasteiger partial charge is 0.238 e. The van der Waals surface area contributed by atoms with Crippen LogP contribution in [-0.2, 0) is 11.4 Å². The van der Waals surface area contributed by atoms with Crippen LogP contribution >= 0.6 is 0 Å². The highest BCUT2D eigenvalue weighted by atomic mass is 16.5. The topological polar surface area (TPSA) is 86.7 Å². The molecule has 0 bridgehead atoms. The monoisotopic (exact) mass is 420 g/mol. The molecule has 0 aliphatic carbocycles. The summed E-state index contributed by atoms with van der Waals surface area (Å²) in [5.74, 6) is 0.657. The molecular weight excluding hydrogens is 392 g/mol. The third kappa shape index (κ3) is 4.95. The van der Waals surface area contributed by atoms with Gasteiger partial charge in [-0.3, -0.25) is 14.7 Å². The van der Waals surface area contributed by atoms with E-state index >= 15 is 0 Å². The van der Waals surface area contributed by atoms with E-state index in [1.165, 1.54) is 0 Å². The minimum Gasteiger partial charge on any atom is -0.496 e. The van der Waals surface area contributed by atoms with Gasteiger partial charge in [-0.05, 0) is 37.1 Å². The van der Waals surface area contributed by atoms with Crippen LogP contribution in [0.5, 0.6) is 5.75 Å². The summed E-state index contributed by atoms with van der Waals surface area (Å²) in [6.45, 7) is 1.94. The van der Waals surface area contributed by atoms with Gasteiger partial charge in [0.2, 0.25) is 5.91 Å². The molecule has 31 heavy (non-hydrogen) atoms. The lowest BCUT2D eigenvalue weighted by Crippen LogP contribution is -2.42. The van der Waals surface area contributed by atoms with Crippen LogP contribution in [0.25, 0.3) is 10.9 Å². The van der Waals surface area contributed by atoms with E-state index in [0.717, 1.165) is 53.8 Å². The van der Waals surface area contributed by atoms with Crippen molar-refractivity contribution in [2.45, 2.75) is 25.5 Å². The summed E-state index contributed by atoms with van der Waals surface area (Å²) in [4.78, 5) is 19.2. The molecule has 1 fully saturated rings. The predicted octanol–water partition coefficient (Wildman–Crippen LogP) is 3.25. The maximum Gasteiger partial charge on any atom is 0.238 e. The zero-order valence-corrected chi connectivity index (χ0v) is 17.7. The quantitative estimate of drug-likeness (QED) is 0.544. The lowest BCUT2D eigenvalue weighted by atomic mass is 10.0. The largest absolute Gasteiger partial charge is 0.496 e. The van der Waals surface area contributed by atoms with Crippen molar-refractivity contribution in [1.82, 2.24) is 9.88 Å². The Bertz CT molecular complexity index is 1040. The van der Waals surface area contributed by atoms with E-state index in [2.05, 4.69) is 20.5 Å². The lowest BCUT2D eigenvalue weighted by molar-refractivity contribution is -0.117. The maximum absolute atomic E-state index is 12.6. The number of hydrogen-bond acceptors (Lipinski definition) is 6. The number of benzene rings is 2. The summed E-state index contributed by atoms with van der Waals surface area (Å²) >= 11 is 0. The number of aliphatic hydroxyl groups is 1. The van der Waals surface area contributed by atoms with Crippen LogP contribution in [-0.4, -0.2) is 53.7 Å². The highest BCUT2D eigenvalue weighted by molar-refractivity contribution is 6.00. The molecule has 1 saturated heterocycles. The van der Waals surface area contributed by atoms with Crippen molar-refractivity contribution in [2.24, 2.45) is 0 Å². The fraction of sp³-hybridized carbons (Fsp3) is 0.333. The first kappa shape index (κ1) is 21.1. The van der Waals surface area contributed by atoms with Gasteiger partial charge < -0.3 is 20.5 Å². The van der Waals surface area contributed by atoms with Gasteiger partial charge in [-0.25, -0.2) is 0 Å². The van der Waals surface area contributed by atoms with E-state index in [9.17, 15) is 9.90 Å². The zero-order valence-electron chi connectivity index (χ0n) is 17.7. The number of amides is 1. The number of pyridine rings is 1. The molecule has 2 aromatic carbocycles. The number of ether oxygens (including phenoxy) is 1. The second-order valence-electron chi connectivity index (χ2n) is 7.77. The number of nitrogens with zero attached hydrogens (tertiary/aromatic N) is 2. The Labute approximate surface area is 182 Å². The van der Waals surface area contributed by atoms with Crippen molar-refractivity contribution in [3.63, 3.8) is 0 Å². The Morgan fingerprint density at radius 2 is 1.87 bits per heavy atom. The van der Waals surface area contributed by atoms with E-state index in [1.807, 2.05) is 48.5 Å². The van der Waals surface area contributed by atoms with Gasteiger partial charge in [0.15, 0.2) is 0 Å². The molecule has 1 aliphatic heterocycles. The summed E-state index contributed by atoms with van der Waals surface area (Å²) in [5.41, 5.74) is 3.23. The van der Waals surface area contributed by atoms with Crippen molar-refractivity contribution in [1.29, 1.82) is 0 Å². The van der Waals surface area contributed by atoms with Crippen LogP contribution < -0.4 is 15.4 Å². The molecule has 2 heterocycles. The molecule has 3 N–H and O–H groups in total. The molecule has 3 aromatic rings. The molecule has 0 unspecified atom stereocenters. The van der Waals surface area contributed by atoms with Crippen LogP contribution in [0.15, 0.2) is 54.7 Å². The van der Waals surface area contributed by atoms with E-state index in [-0.39, 0.29) is 12.5 Å². The SMILES string of the molecule is COc1cccc(NC2CCN(CC(=O)Nc3cccc4cccnc34)CC2)c1CO. The van der Waals surface area contributed by atoms with E-state index < -0.39 is 0 Å². The molecule has 1 amide bonds.